The third kappa shape index (κ3) is 2.30. The fourth-order valence-corrected chi connectivity index (χ4v) is 1.84. The largest absolute Gasteiger partial charge is 0.507 e. The van der Waals surface area contributed by atoms with Gasteiger partial charge in [0.2, 0.25) is 0 Å². The molecule has 0 radical (unpaired) electrons. The first kappa shape index (κ1) is 13.2. The van der Waals surface area contributed by atoms with Crippen molar-refractivity contribution in [3.63, 3.8) is 0 Å². The van der Waals surface area contributed by atoms with Crippen LogP contribution in [0.4, 0.5) is 0 Å². The van der Waals surface area contributed by atoms with Gasteiger partial charge in [0.25, 0.3) is 0 Å². The summed E-state index contributed by atoms with van der Waals surface area (Å²) in [4.78, 5) is 23.4. The van der Waals surface area contributed by atoms with Gasteiger partial charge in [0, 0.05) is 18.9 Å². The van der Waals surface area contributed by atoms with Crippen molar-refractivity contribution in [2.24, 2.45) is 0 Å². The zero-order valence-electron chi connectivity index (χ0n) is 10.2. The Morgan fingerprint density at radius 1 is 1.00 bits per heavy atom. The van der Waals surface area contributed by atoms with Crippen molar-refractivity contribution in [1.82, 2.24) is 0 Å². The minimum atomic E-state index is -0.278. The van der Waals surface area contributed by atoms with Crippen molar-refractivity contribution in [2.75, 3.05) is 0 Å². The van der Waals surface area contributed by atoms with Gasteiger partial charge in [0.15, 0.2) is 11.6 Å². The number of phenols is 2. The highest BCUT2D eigenvalue weighted by molar-refractivity contribution is 6.06. The Hall–Kier alpha value is -1.84. The molecule has 0 heterocycles. The molecule has 0 saturated heterocycles. The highest BCUT2D eigenvalue weighted by atomic mass is 16.3. The number of carbonyl (C=O) groups is 2. The first-order valence-corrected chi connectivity index (χ1v) is 5.55. The van der Waals surface area contributed by atoms with E-state index in [9.17, 15) is 19.8 Å². The number of carbonyl (C=O) groups excluding carboxylic acids is 2. The quantitative estimate of drug-likeness (QED) is 0.788. The molecule has 0 fully saturated rings. The van der Waals surface area contributed by atoms with Gasteiger partial charge < -0.3 is 10.2 Å². The standard InChI is InChI=1S/C13H16O4/c1-4-8(14)12-7(3)13(9(15)5-2)11(17)6-10(12)16/h6,16-17H,4-5H2,1-3H3. The predicted molar refractivity (Wildman–Crippen MR) is 63.8 cm³/mol. The zero-order chi connectivity index (χ0) is 13.2. The van der Waals surface area contributed by atoms with Gasteiger partial charge in [-0.05, 0) is 12.5 Å². The summed E-state index contributed by atoms with van der Waals surface area (Å²) >= 11 is 0. The number of phenolic OH excluding ortho intramolecular Hbond substituents is 2. The molecule has 0 saturated carbocycles. The van der Waals surface area contributed by atoms with Crippen LogP contribution in [0.3, 0.4) is 0 Å². The maximum absolute atomic E-state index is 11.7. The molecule has 17 heavy (non-hydrogen) atoms. The summed E-state index contributed by atoms with van der Waals surface area (Å²) in [5, 5.41) is 19.3. The van der Waals surface area contributed by atoms with Crippen LogP contribution in [0.5, 0.6) is 11.5 Å². The van der Waals surface area contributed by atoms with E-state index in [0.29, 0.717) is 5.56 Å². The molecule has 0 aromatic heterocycles. The number of hydrogen-bond acceptors (Lipinski definition) is 4. The van der Waals surface area contributed by atoms with Gasteiger partial charge in [0.05, 0.1) is 11.1 Å². The Labute approximate surface area is 99.9 Å². The van der Waals surface area contributed by atoms with Crippen molar-refractivity contribution in [3.05, 3.63) is 22.8 Å². The molecule has 1 aromatic rings. The Morgan fingerprint density at radius 2 is 1.35 bits per heavy atom. The molecular formula is C13H16O4. The summed E-state index contributed by atoms with van der Waals surface area (Å²) in [7, 11) is 0. The fourth-order valence-electron chi connectivity index (χ4n) is 1.84. The molecule has 4 heteroatoms. The van der Waals surface area contributed by atoms with Crippen LogP contribution >= 0.6 is 0 Å². The average molecular weight is 236 g/mol. The molecule has 0 atom stereocenters. The van der Waals surface area contributed by atoms with Crippen LogP contribution in [0.2, 0.25) is 0 Å². The molecule has 0 bridgehead atoms. The molecule has 0 aliphatic heterocycles. The average Bonchev–Trinajstić information content (AvgIpc) is 2.27. The van der Waals surface area contributed by atoms with E-state index in [-0.39, 0.29) is 47.0 Å². The van der Waals surface area contributed by atoms with E-state index < -0.39 is 0 Å². The van der Waals surface area contributed by atoms with Crippen molar-refractivity contribution in [2.45, 2.75) is 33.6 Å². The molecule has 0 amide bonds. The zero-order valence-corrected chi connectivity index (χ0v) is 10.2. The van der Waals surface area contributed by atoms with Crippen LogP contribution in [0, 0.1) is 6.92 Å². The number of ketones is 2. The summed E-state index contributed by atoms with van der Waals surface area (Å²) in [6.45, 7) is 4.91. The maximum Gasteiger partial charge on any atom is 0.166 e. The predicted octanol–water partition coefficient (Wildman–Crippen LogP) is 2.59. The molecular weight excluding hydrogens is 220 g/mol. The molecule has 1 rings (SSSR count). The summed E-state index contributed by atoms with van der Waals surface area (Å²) in [5.74, 6) is -1.05. The SMILES string of the molecule is CCC(=O)c1c(O)cc(O)c(C(=O)CC)c1C. The van der Waals surface area contributed by atoms with Gasteiger partial charge in [-0.3, -0.25) is 9.59 Å². The third-order valence-corrected chi connectivity index (χ3v) is 2.74. The van der Waals surface area contributed by atoms with Crippen LogP contribution in [0.25, 0.3) is 0 Å². The number of benzene rings is 1. The lowest BCUT2D eigenvalue weighted by Crippen LogP contribution is -2.08. The molecule has 0 aliphatic carbocycles. The van der Waals surface area contributed by atoms with Crippen LogP contribution in [-0.4, -0.2) is 21.8 Å². The summed E-state index contributed by atoms with van der Waals surface area (Å²) in [6, 6.07) is 1.05. The Balaban J connectivity index is 3.54. The molecule has 4 nitrogen and oxygen atoms in total. The molecule has 2 N–H and O–H groups in total. The monoisotopic (exact) mass is 236 g/mol. The normalized spacial score (nSPS) is 10.3. The highest BCUT2D eigenvalue weighted by Gasteiger charge is 2.22. The molecule has 0 unspecified atom stereocenters. The number of rotatable bonds is 4. The summed E-state index contributed by atoms with van der Waals surface area (Å²) in [6.07, 6.45) is 0.470. The van der Waals surface area contributed by atoms with Gasteiger partial charge in [-0.2, -0.15) is 0 Å². The molecule has 0 aliphatic rings. The van der Waals surface area contributed by atoms with E-state index in [1.807, 2.05) is 0 Å². The van der Waals surface area contributed by atoms with E-state index in [1.165, 1.54) is 0 Å². The third-order valence-electron chi connectivity index (χ3n) is 2.74. The second-order valence-electron chi connectivity index (χ2n) is 3.84. The van der Waals surface area contributed by atoms with Gasteiger partial charge in [0.1, 0.15) is 11.5 Å². The minimum Gasteiger partial charge on any atom is -0.507 e. The minimum absolute atomic E-state index is 0.127. The van der Waals surface area contributed by atoms with Gasteiger partial charge in [-0.25, -0.2) is 0 Å². The second kappa shape index (κ2) is 4.99. The first-order valence-electron chi connectivity index (χ1n) is 5.55. The van der Waals surface area contributed by atoms with Crippen molar-refractivity contribution in [1.29, 1.82) is 0 Å². The lowest BCUT2D eigenvalue weighted by molar-refractivity contribution is 0.0984. The molecule has 1 aromatic carbocycles. The van der Waals surface area contributed by atoms with Crippen molar-refractivity contribution in [3.8, 4) is 11.5 Å². The van der Waals surface area contributed by atoms with Gasteiger partial charge in [-0.1, -0.05) is 13.8 Å². The first-order chi connectivity index (χ1) is 7.93. The fraction of sp³-hybridized carbons (Fsp3) is 0.385. The van der Waals surface area contributed by atoms with Crippen molar-refractivity contribution < 1.29 is 19.8 Å². The topological polar surface area (TPSA) is 74.6 Å². The van der Waals surface area contributed by atoms with Gasteiger partial charge in [-0.15, -0.1) is 0 Å². The van der Waals surface area contributed by atoms with Crippen LogP contribution < -0.4 is 0 Å². The van der Waals surface area contributed by atoms with Crippen LogP contribution in [-0.2, 0) is 0 Å². The Kier molecular flexibility index (Phi) is 3.89. The number of aromatic hydroxyl groups is 2. The summed E-state index contributed by atoms with van der Waals surface area (Å²) < 4.78 is 0. The lowest BCUT2D eigenvalue weighted by atomic mass is 9.93. The maximum atomic E-state index is 11.7. The van der Waals surface area contributed by atoms with Gasteiger partial charge >= 0.3 is 0 Å². The van der Waals surface area contributed by atoms with E-state index >= 15 is 0 Å². The lowest BCUT2D eigenvalue weighted by Gasteiger charge is -2.12. The van der Waals surface area contributed by atoms with E-state index in [1.54, 1.807) is 20.8 Å². The summed E-state index contributed by atoms with van der Waals surface area (Å²) in [5.41, 5.74) is 0.602. The van der Waals surface area contributed by atoms with Crippen LogP contribution in [0.1, 0.15) is 53.0 Å². The second-order valence-corrected chi connectivity index (χ2v) is 3.84. The smallest absolute Gasteiger partial charge is 0.166 e. The van der Waals surface area contributed by atoms with Crippen molar-refractivity contribution >= 4 is 11.6 Å². The Morgan fingerprint density at radius 3 is 1.65 bits per heavy atom. The highest BCUT2D eigenvalue weighted by Crippen LogP contribution is 2.33. The van der Waals surface area contributed by atoms with E-state index in [0.717, 1.165) is 6.07 Å². The Bertz CT molecular complexity index is 435. The van der Waals surface area contributed by atoms with E-state index in [4.69, 9.17) is 0 Å². The number of Topliss-reactive ketones (excluding diaryl/α,β-unsaturated/α-hetero) is 2. The number of hydrogen-bond donors (Lipinski definition) is 2. The van der Waals surface area contributed by atoms with E-state index in [2.05, 4.69) is 0 Å². The molecule has 0 spiro atoms. The molecule has 92 valence electrons. The van der Waals surface area contributed by atoms with Crippen LogP contribution in [0.15, 0.2) is 6.07 Å².